The van der Waals surface area contributed by atoms with Gasteiger partial charge in [0.15, 0.2) is 11.6 Å². The molecule has 4 fully saturated rings. The Labute approximate surface area is 545 Å². The molecule has 488 valence electrons. The number of halogens is 6. The maximum absolute atomic E-state index is 15.2. The van der Waals surface area contributed by atoms with Crippen molar-refractivity contribution in [3.63, 3.8) is 0 Å². The Hall–Kier alpha value is -9.59. The molecule has 6 aliphatic rings. The number of nitrogens with one attached hydrogen (secondary N) is 2. The van der Waals surface area contributed by atoms with E-state index in [0.717, 1.165) is 64.7 Å². The van der Waals surface area contributed by atoms with Crippen molar-refractivity contribution in [3.8, 4) is 57.2 Å². The van der Waals surface area contributed by atoms with Crippen molar-refractivity contribution >= 4 is 35.1 Å². The molecular formula is C70H70F6N17O2+. The lowest BCUT2D eigenvalue weighted by Crippen LogP contribution is -2.33. The van der Waals surface area contributed by atoms with Gasteiger partial charge >= 0.3 is 19.0 Å². The number of nitriles is 1. The summed E-state index contributed by atoms with van der Waals surface area (Å²) in [7, 11) is 1.79. The fourth-order valence-electron chi connectivity index (χ4n) is 14.3. The molecule has 2 amide bonds. The quantitative estimate of drug-likeness (QED) is 0.0816. The first kappa shape index (κ1) is 62.8. The number of fused-ring (bicyclic) bond motifs is 2. The average molecular weight is 1300 g/mol. The van der Waals surface area contributed by atoms with Crippen molar-refractivity contribution in [2.24, 2.45) is 24.3 Å². The molecule has 25 heteroatoms. The molecule has 0 bridgehead atoms. The molecule has 14 rings (SSSR count). The molecule has 2 saturated carbocycles. The number of carbonyl (C=O) groups is 2. The molecule has 5 aromatic heterocycles. The van der Waals surface area contributed by atoms with Gasteiger partial charge in [-0.1, -0.05) is 32.0 Å². The Kier molecular flexibility index (Phi) is 16.3. The van der Waals surface area contributed by atoms with E-state index < -0.39 is 40.8 Å². The average Bonchev–Trinajstić information content (AvgIpc) is 1.63. The van der Waals surface area contributed by atoms with Gasteiger partial charge in [-0.2, -0.15) is 31.6 Å². The van der Waals surface area contributed by atoms with Crippen LogP contribution < -0.4 is 20.4 Å². The zero-order valence-corrected chi connectivity index (χ0v) is 53.1. The number of pyridine rings is 3. The number of alkyl halides is 6. The Morgan fingerprint density at radius 2 is 1.35 bits per heavy atom. The number of hydrogen-bond acceptors (Lipinski definition) is 14. The van der Waals surface area contributed by atoms with Crippen LogP contribution >= 0.6 is 0 Å². The lowest BCUT2D eigenvalue weighted by molar-refractivity contribution is -0.139. The Balaban J connectivity index is 0.742. The highest BCUT2D eigenvalue weighted by molar-refractivity contribution is 6.11. The number of aromatic nitrogens is 9. The topological polar surface area (TPSA) is 199 Å². The summed E-state index contributed by atoms with van der Waals surface area (Å²) >= 11 is 0. The number of anilines is 4. The van der Waals surface area contributed by atoms with E-state index >= 15 is 13.2 Å². The largest absolute Gasteiger partial charge is 0.416 e. The molecular weight excluding hydrogens is 1220 g/mol. The first-order valence-electron chi connectivity index (χ1n) is 32.3. The summed E-state index contributed by atoms with van der Waals surface area (Å²) in [6.07, 6.45) is 4.96. The maximum atomic E-state index is 15.2. The standard InChI is InChI=1S/C70H70F6N17O2/c1-42(2)31-80-59-26-48(29-61(83-59)92-36-55-52(65(92)94)22-45(24-57(55)69(71,72)73)34-89-19-5-7-43(3)33-89)54-32-78-17-10-50(54)64-87-82-41-91(64)39-79-18-15-68(13-14-68)85-60-27-47(51-21-44(30-77)8-9-49(51)63-86-81-40-88(63)4)28-62(84-60)93-37-56-53(66(93)95)23-46(25-58(56)70(74,75)76)35-90-20-16-67(38-90)11-6-12-67/h8-10,17,21-29,32,40-43H,5-7,11-16,19-20,31,33-39H2,1-4H3,(H,80,83)(H,84,85)/q+1/t43-/m0/s1. The van der Waals surface area contributed by atoms with E-state index in [1.54, 1.807) is 89.5 Å². The zero-order valence-electron chi connectivity index (χ0n) is 53.1. The molecule has 9 heterocycles. The van der Waals surface area contributed by atoms with Crippen LogP contribution in [0.15, 0.2) is 97.8 Å². The van der Waals surface area contributed by atoms with Gasteiger partial charge in [-0.15, -0.1) is 20.4 Å². The molecule has 4 aliphatic heterocycles. The fraction of sp³-hybridized carbons (Fsp3) is 0.414. The van der Waals surface area contributed by atoms with Gasteiger partial charge in [-0.05, 0) is 187 Å². The molecule has 0 unspecified atom stereocenters. The first-order chi connectivity index (χ1) is 45.6. The van der Waals surface area contributed by atoms with Crippen molar-refractivity contribution in [2.75, 3.05) is 53.2 Å². The van der Waals surface area contributed by atoms with Crippen molar-refractivity contribution in [1.82, 2.24) is 54.3 Å². The number of piperidine rings is 1. The minimum atomic E-state index is -4.74. The Morgan fingerprint density at radius 3 is 1.96 bits per heavy atom. The van der Waals surface area contributed by atoms with Crippen molar-refractivity contribution in [2.45, 2.75) is 129 Å². The summed E-state index contributed by atoms with van der Waals surface area (Å²) in [5.74, 6) is 1.32. The highest BCUT2D eigenvalue weighted by atomic mass is 19.4. The van der Waals surface area contributed by atoms with E-state index in [-0.39, 0.29) is 65.0 Å². The molecule has 19 nitrogen and oxygen atoms in total. The third-order valence-corrected chi connectivity index (χ3v) is 19.6. The number of amides is 2. The van der Waals surface area contributed by atoms with Gasteiger partial charge in [0.1, 0.15) is 42.3 Å². The van der Waals surface area contributed by atoms with Crippen LogP contribution in [0.5, 0.6) is 0 Å². The second kappa shape index (κ2) is 24.6. The van der Waals surface area contributed by atoms with Gasteiger partial charge in [0, 0.05) is 80.0 Å². The summed E-state index contributed by atoms with van der Waals surface area (Å²) in [6.45, 7) is 9.78. The predicted octanol–water partition coefficient (Wildman–Crippen LogP) is 13.5. The molecule has 2 aliphatic carbocycles. The van der Waals surface area contributed by atoms with Crippen LogP contribution in [-0.2, 0) is 52.2 Å². The van der Waals surface area contributed by atoms with Gasteiger partial charge in [0.25, 0.3) is 17.9 Å². The van der Waals surface area contributed by atoms with Crippen LogP contribution in [0.3, 0.4) is 0 Å². The number of nitrogens with zero attached hydrogens (tertiary/aromatic N) is 15. The summed E-state index contributed by atoms with van der Waals surface area (Å²) in [6, 6.07) is 24.9. The minimum absolute atomic E-state index is 0.00475. The number of likely N-dealkylation sites (tertiary alicyclic amines) is 2. The van der Waals surface area contributed by atoms with E-state index in [4.69, 9.17) is 14.8 Å². The smallest absolute Gasteiger partial charge is 0.370 e. The van der Waals surface area contributed by atoms with E-state index in [0.29, 0.717) is 118 Å². The van der Waals surface area contributed by atoms with Crippen molar-refractivity contribution in [1.29, 1.82) is 5.26 Å². The van der Waals surface area contributed by atoms with E-state index in [1.807, 2.05) is 19.9 Å². The number of hydrogen-bond donors (Lipinski definition) is 2. The predicted molar refractivity (Wildman–Crippen MR) is 345 cm³/mol. The lowest BCUT2D eigenvalue weighted by atomic mass is 9.68. The molecule has 3 aromatic carbocycles. The SMILES string of the molecule is CC(C)CNc1cc(-c2cnccc2-c2nncn2C[N+]#CCC2(Nc3cc(-c4cc(C#N)ccc4-c4nncn4C)cc(N4Cc5c(cc(CN6CCC7(CCC7)C6)cc5C(F)(F)F)C4=O)n3)CC2)cc(N2Cc3c(cc(CN4CCC[C@H](C)C4)cc3C(F)(F)F)C2=O)n1. The van der Waals surface area contributed by atoms with Crippen LogP contribution in [0.1, 0.15) is 138 Å². The second-order valence-corrected chi connectivity index (χ2v) is 27.1. The van der Waals surface area contributed by atoms with Crippen LogP contribution in [0, 0.1) is 34.7 Å². The number of carbonyl (C=O) groups excluding carboxylic acids is 2. The van der Waals surface area contributed by atoms with Crippen LogP contribution in [0.2, 0.25) is 0 Å². The van der Waals surface area contributed by atoms with Crippen molar-refractivity contribution < 1.29 is 35.9 Å². The highest BCUT2D eigenvalue weighted by Crippen LogP contribution is 2.50. The third kappa shape index (κ3) is 12.7. The van der Waals surface area contributed by atoms with Crippen molar-refractivity contribution in [3.05, 3.63) is 153 Å². The van der Waals surface area contributed by atoms with Crippen LogP contribution in [0.4, 0.5) is 49.6 Å². The minimum Gasteiger partial charge on any atom is -0.370 e. The van der Waals surface area contributed by atoms with Gasteiger partial charge in [0.2, 0.25) is 0 Å². The third-order valence-electron chi connectivity index (χ3n) is 19.6. The van der Waals surface area contributed by atoms with Gasteiger partial charge in [0.05, 0.1) is 41.4 Å². The van der Waals surface area contributed by atoms with Gasteiger partial charge in [-0.3, -0.25) is 34.2 Å². The normalized spacial score (nSPS) is 18.2. The summed E-state index contributed by atoms with van der Waals surface area (Å²) in [5, 5.41) is 34.4. The molecule has 1 spiro atoms. The summed E-state index contributed by atoms with van der Waals surface area (Å²) < 4.78 is 93.9. The number of benzene rings is 3. The fourth-order valence-corrected chi connectivity index (χ4v) is 14.3. The monoisotopic (exact) mass is 1290 g/mol. The van der Waals surface area contributed by atoms with Gasteiger partial charge in [-0.25, -0.2) is 14.5 Å². The maximum Gasteiger partial charge on any atom is 0.416 e. The highest BCUT2D eigenvalue weighted by Gasteiger charge is 2.47. The van der Waals surface area contributed by atoms with E-state index in [2.05, 4.69) is 64.9 Å². The van der Waals surface area contributed by atoms with Gasteiger partial charge < -0.3 is 15.2 Å². The summed E-state index contributed by atoms with van der Waals surface area (Å²) in [5.41, 5.74) is 2.34. The first-order valence-corrected chi connectivity index (χ1v) is 32.3. The summed E-state index contributed by atoms with van der Waals surface area (Å²) in [4.78, 5) is 55.2. The molecule has 2 saturated heterocycles. The molecule has 8 aromatic rings. The zero-order chi connectivity index (χ0) is 66.1. The molecule has 0 radical (unpaired) electrons. The lowest BCUT2D eigenvalue weighted by Gasteiger charge is -2.38. The Morgan fingerprint density at radius 1 is 0.705 bits per heavy atom. The molecule has 95 heavy (non-hydrogen) atoms. The van der Waals surface area contributed by atoms with E-state index in [9.17, 15) is 28.0 Å². The van der Waals surface area contributed by atoms with Crippen LogP contribution in [-0.4, -0.2) is 104 Å². The van der Waals surface area contributed by atoms with E-state index in [1.165, 1.54) is 28.3 Å². The number of aryl methyl sites for hydroxylation is 1. The molecule has 2 N–H and O–H groups in total. The second-order valence-electron chi connectivity index (χ2n) is 27.1. The van der Waals surface area contributed by atoms with Crippen LogP contribution in [0.25, 0.3) is 49.9 Å². The molecule has 1 atom stereocenters. The number of rotatable bonds is 17. The Bertz CT molecular complexity index is 4450.